The lowest BCUT2D eigenvalue weighted by atomic mass is 10.2. The summed E-state index contributed by atoms with van der Waals surface area (Å²) in [4.78, 5) is 0. The number of hydrogen-bond acceptors (Lipinski definition) is 0. The molecule has 0 fully saturated rings. The normalized spacial score (nSPS) is 11.7. The van der Waals surface area contributed by atoms with E-state index in [1.807, 2.05) is 24.3 Å². The molecule has 0 saturated heterocycles. The van der Waals surface area contributed by atoms with E-state index in [2.05, 4.69) is 0 Å². The molecule has 0 aliphatic heterocycles. The predicted octanol–water partition coefficient (Wildman–Crippen LogP) is 4.54. The van der Waals surface area contributed by atoms with E-state index in [-0.39, 0.29) is 0 Å². The van der Waals surface area contributed by atoms with Gasteiger partial charge in [-0.1, -0.05) is 29.8 Å². The van der Waals surface area contributed by atoms with Gasteiger partial charge in [-0.25, -0.2) is 0 Å². The Bertz CT molecular complexity index is 282. The minimum atomic E-state index is -2.50. The van der Waals surface area contributed by atoms with E-state index in [0.29, 0.717) is 6.04 Å². The molecule has 0 radical (unpaired) electrons. The molecule has 72 valence electrons. The molecular weight excluding hydrogens is 266 g/mol. The summed E-state index contributed by atoms with van der Waals surface area (Å²) in [6.07, 6.45) is 0.738. The maximum absolute atomic E-state index is 5.94. The van der Waals surface area contributed by atoms with Crippen molar-refractivity contribution in [2.24, 2.45) is 0 Å². The Morgan fingerprint density at radius 1 is 1.08 bits per heavy atom. The van der Waals surface area contributed by atoms with Crippen LogP contribution in [0.15, 0.2) is 24.3 Å². The van der Waals surface area contributed by atoms with Crippen LogP contribution in [-0.4, -0.2) is 6.00 Å². The zero-order valence-electron chi connectivity index (χ0n) is 6.74. The van der Waals surface area contributed by atoms with Crippen LogP contribution in [0, 0.1) is 0 Å². The van der Waals surface area contributed by atoms with Crippen LogP contribution in [0.25, 0.3) is 0 Å². The largest absolute Gasteiger partial charge is 0.341 e. The minimum Gasteiger partial charge on any atom is -0.126 e. The van der Waals surface area contributed by atoms with Gasteiger partial charge in [-0.15, -0.1) is 33.2 Å². The number of halogens is 4. The van der Waals surface area contributed by atoms with Crippen molar-refractivity contribution in [3.8, 4) is 0 Å². The molecule has 5 heteroatoms. The second kappa shape index (κ2) is 4.90. The minimum absolute atomic E-state index is 0.613. The quantitative estimate of drug-likeness (QED) is 0.560. The van der Waals surface area contributed by atoms with Crippen molar-refractivity contribution < 1.29 is 0 Å². The van der Waals surface area contributed by atoms with Gasteiger partial charge < -0.3 is 0 Å². The fourth-order valence-electron chi connectivity index (χ4n) is 0.978. The Morgan fingerprint density at radius 3 is 2.23 bits per heavy atom. The van der Waals surface area contributed by atoms with Crippen molar-refractivity contribution >= 4 is 50.8 Å². The average molecular weight is 274 g/mol. The monoisotopic (exact) mass is 272 g/mol. The van der Waals surface area contributed by atoms with E-state index >= 15 is 0 Å². The molecule has 1 aromatic carbocycles. The van der Waals surface area contributed by atoms with Crippen LogP contribution in [-0.2, 0) is 6.42 Å². The Morgan fingerprint density at radius 2 is 1.69 bits per heavy atom. The maximum Gasteiger partial charge on any atom is 0.341 e. The van der Waals surface area contributed by atoms with Crippen LogP contribution in [0.2, 0.25) is 11.1 Å². The summed E-state index contributed by atoms with van der Waals surface area (Å²) in [6, 6.07) is 5.72. The Hall–Kier alpha value is 0.597. The van der Waals surface area contributed by atoms with Gasteiger partial charge >= 0.3 is 6.00 Å². The van der Waals surface area contributed by atoms with Gasteiger partial charge in [-0.05, 0) is 24.1 Å². The van der Waals surface area contributed by atoms with E-state index in [1.54, 1.807) is 0 Å². The van der Waals surface area contributed by atoms with Crippen molar-refractivity contribution in [1.82, 2.24) is 0 Å². The molecule has 0 atom stereocenters. The van der Waals surface area contributed by atoms with E-state index in [9.17, 15) is 0 Å². The smallest absolute Gasteiger partial charge is 0.126 e. The standard InChI is InChI=1S/C8H8Cl4Si/c9-8-4-2-1-3-7(8)5-6-13(10,11)12/h1-4H,5-6H2. The number of aryl methyl sites for hydroxylation is 1. The van der Waals surface area contributed by atoms with Gasteiger partial charge in [-0.2, -0.15) is 0 Å². The van der Waals surface area contributed by atoms with Gasteiger partial charge in [0, 0.05) is 5.02 Å². The maximum atomic E-state index is 5.94. The molecule has 0 aliphatic carbocycles. The zero-order valence-corrected chi connectivity index (χ0v) is 10.8. The van der Waals surface area contributed by atoms with E-state index in [0.717, 1.165) is 17.0 Å². The van der Waals surface area contributed by atoms with Gasteiger partial charge in [0.15, 0.2) is 0 Å². The Balaban J connectivity index is 2.60. The molecule has 0 spiro atoms. The van der Waals surface area contributed by atoms with Gasteiger partial charge in [0.2, 0.25) is 0 Å². The molecule has 0 aliphatic rings. The van der Waals surface area contributed by atoms with Crippen molar-refractivity contribution in [3.63, 3.8) is 0 Å². The Labute approximate surface area is 97.9 Å². The lowest BCUT2D eigenvalue weighted by Crippen LogP contribution is -2.09. The highest BCUT2D eigenvalue weighted by Gasteiger charge is 2.24. The second-order valence-corrected chi connectivity index (χ2v) is 12.4. The zero-order chi connectivity index (χ0) is 9.90. The average Bonchev–Trinajstić information content (AvgIpc) is 2.01. The summed E-state index contributed by atoms with van der Waals surface area (Å²) in [5.41, 5.74) is 1.04. The first-order valence-corrected chi connectivity index (χ1v) is 9.41. The number of benzene rings is 1. The fourth-order valence-corrected chi connectivity index (χ4v) is 2.61. The molecule has 13 heavy (non-hydrogen) atoms. The first-order valence-electron chi connectivity index (χ1n) is 3.79. The third-order valence-corrected chi connectivity index (χ3v) is 4.52. The lowest BCUT2D eigenvalue weighted by Gasteiger charge is -2.08. The highest BCUT2D eigenvalue weighted by molar-refractivity contribution is 7.64. The highest BCUT2D eigenvalue weighted by Crippen LogP contribution is 2.28. The summed E-state index contributed by atoms with van der Waals surface area (Å²) >= 11 is 23.2. The molecule has 1 aromatic rings. The SMILES string of the molecule is Clc1ccccc1CC[Si](Cl)(Cl)Cl. The topological polar surface area (TPSA) is 0 Å². The van der Waals surface area contributed by atoms with E-state index in [1.165, 1.54) is 0 Å². The first-order chi connectivity index (χ1) is 5.99. The van der Waals surface area contributed by atoms with Crippen molar-refractivity contribution in [3.05, 3.63) is 34.9 Å². The molecule has 1 rings (SSSR count). The molecule has 0 aromatic heterocycles. The summed E-state index contributed by atoms with van der Waals surface area (Å²) in [5, 5.41) is 0.741. The summed E-state index contributed by atoms with van der Waals surface area (Å²) in [5.74, 6) is 0. The van der Waals surface area contributed by atoms with Crippen LogP contribution in [0.3, 0.4) is 0 Å². The molecular formula is C8H8Cl4Si. The fraction of sp³-hybridized carbons (Fsp3) is 0.250. The van der Waals surface area contributed by atoms with Crippen LogP contribution in [0.1, 0.15) is 5.56 Å². The summed E-state index contributed by atoms with van der Waals surface area (Å²) < 4.78 is 0. The van der Waals surface area contributed by atoms with Gasteiger partial charge in [0.25, 0.3) is 0 Å². The Kier molecular flexibility index (Phi) is 4.40. The number of rotatable bonds is 3. The molecule has 0 amide bonds. The highest BCUT2D eigenvalue weighted by atomic mass is 35.8. The molecule has 0 N–H and O–H groups in total. The molecule has 0 saturated carbocycles. The van der Waals surface area contributed by atoms with Crippen LogP contribution >= 0.6 is 44.8 Å². The van der Waals surface area contributed by atoms with E-state index in [4.69, 9.17) is 44.8 Å². The van der Waals surface area contributed by atoms with Crippen LogP contribution < -0.4 is 0 Å². The summed E-state index contributed by atoms with van der Waals surface area (Å²) in [7, 11) is 0. The predicted molar refractivity (Wildman–Crippen MR) is 63.3 cm³/mol. The van der Waals surface area contributed by atoms with Gasteiger partial charge in [0.05, 0.1) is 0 Å². The van der Waals surface area contributed by atoms with Gasteiger partial charge in [0.1, 0.15) is 0 Å². The lowest BCUT2D eigenvalue weighted by molar-refractivity contribution is 1.12. The second-order valence-electron chi connectivity index (χ2n) is 2.71. The van der Waals surface area contributed by atoms with Crippen molar-refractivity contribution in [2.45, 2.75) is 12.5 Å². The van der Waals surface area contributed by atoms with Crippen LogP contribution in [0.4, 0.5) is 0 Å². The van der Waals surface area contributed by atoms with Crippen LogP contribution in [0.5, 0.6) is 0 Å². The molecule has 0 unspecified atom stereocenters. The number of hydrogen-bond donors (Lipinski definition) is 0. The third kappa shape index (κ3) is 4.57. The van der Waals surface area contributed by atoms with E-state index < -0.39 is 6.00 Å². The third-order valence-electron chi connectivity index (χ3n) is 1.64. The summed E-state index contributed by atoms with van der Waals surface area (Å²) in [6.45, 7) is 0. The van der Waals surface area contributed by atoms with Crippen molar-refractivity contribution in [1.29, 1.82) is 0 Å². The van der Waals surface area contributed by atoms with Gasteiger partial charge in [-0.3, -0.25) is 0 Å². The molecule has 0 heterocycles. The van der Waals surface area contributed by atoms with Crippen molar-refractivity contribution in [2.75, 3.05) is 0 Å². The first kappa shape index (κ1) is 11.7. The molecule has 0 nitrogen and oxygen atoms in total. The molecule has 0 bridgehead atoms.